The van der Waals surface area contributed by atoms with Gasteiger partial charge in [-0.25, -0.2) is 0 Å². The molecule has 0 aromatic carbocycles. The predicted octanol–water partition coefficient (Wildman–Crippen LogP) is 1.73. The predicted molar refractivity (Wildman–Crippen MR) is 52.6 cm³/mol. The van der Waals surface area contributed by atoms with E-state index in [9.17, 15) is 0 Å². The van der Waals surface area contributed by atoms with Crippen LogP contribution >= 0.6 is 11.3 Å². The summed E-state index contributed by atoms with van der Waals surface area (Å²) in [5, 5.41) is 14.7. The molecule has 12 heavy (non-hydrogen) atoms. The standard InChI is InChI=1S/C8H11N3S/c1-4-3-6(8(10)11)7(12-4)5(2)9/h3,9H,1-2H3,(H3,10,11). The Hall–Kier alpha value is -1.16. The van der Waals surface area contributed by atoms with Crippen molar-refractivity contribution in [1.82, 2.24) is 0 Å². The van der Waals surface area contributed by atoms with E-state index in [4.69, 9.17) is 16.6 Å². The summed E-state index contributed by atoms with van der Waals surface area (Å²) in [6, 6.07) is 1.85. The fraction of sp³-hybridized carbons (Fsp3) is 0.250. The first kappa shape index (κ1) is 8.93. The summed E-state index contributed by atoms with van der Waals surface area (Å²) >= 11 is 1.51. The molecule has 0 aliphatic rings. The fourth-order valence-electron chi connectivity index (χ4n) is 0.993. The minimum atomic E-state index is 0.0425. The number of aryl methyl sites for hydroxylation is 1. The van der Waals surface area contributed by atoms with Crippen molar-refractivity contribution in [2.24, 2.45) is 5.73 Å². The van der Waals surface area contributed by atoms with Gasteiger partial charge in [-0.2, -0.15) is 0 Å². The molecule has 0 aliphatic heterocycles. The lowest BCUT2D eigenvalue weighted by Gasteiger charge is -1.97. The molecule has 4 N–H and O–H groups in total. The zero-order valence-corrected chi connectivity index (χ0v) is 7.88. The summed E-state index contributed by atoms with van der Waals surface area (Å²) in [6.07, 6.45) is 0. The third-order valence-corrected chi connectivity index (χ3v) is 2.66. The highest BCUT2D eigenvalue weighted by Crippen LogP contribution is 2.21. The van der Waals surface area contributed by atoms with E-state index in [1.165, 1.54) is 11.3 Å². The van der Waals surface area contributed by atoms with Gasteiger partial charge >= 0.3 is 0 Å². The van der Waals surface area contributed by atoms with Crippen LogP contribution in [0.3, 0.4) is 0 Å². The second-order valence-electron chi connectivity index (χ2n) is 2.64. The molecule has 0 amide bonds. The molecule has 1 aromatic heterocycles. The highest BCUT2D eigenvalue weighted by Gasteiger charge is 2.10. The first-order valence-corrected chi connectivity index (χ1v) is 4.34. The van der Waals surface area contributed by atoms with E-state index in [1.54, 1.807) is 6.92 Å². The minimum Gasteiger partial charge on any atom is -0.384 e. The van der Waals surface area contributed by atoms with Crippen molar-refractivity contribution in [2.45, 2.75) is 13.8 Å². The lowest BCUT2D eigenvalue weighted by atomic mass is 10.2. The van der Waals surface area contributed by atoms with Gasteiger partial charge in [-0.3, -0.25) is 5.41 Å². The average Bonchev–Trinajstić information content (AvgIpc) is 2.31. The third kappa shape index (κ3) is 1.53. The Morgan fingerprint density at radius 3 is 2.42 bits per heavy atom. The number of nitrogen functional groups attached to an aromatic ring is 1. The van der Waals surface area contributed by atoms with Gasteiger partial charge in [-0.15, -0.1) is 11.3 Å². The number of nitrogens with one attached hydrogen (secondary N) is 2. The van der Waals surface area contributed by atoms with Crippen LogP contribution in [0.4, 0.5) is 0 Å². The van der Waals surface area contributed by atoms with Crippen LogP contribution in [0.2, 0.25) is 0 Å². The van der Waals surface area contributed by atoms with E-state index in [1.807, 2.05) is 13.0 Å². The topological polar surface area (TPSA) is 73.7 Å². The highest BCUT2D eigenvalue weighted by molar-refractivity contribution is 7.14. The average molecular weight is 181 g/mol. The van der Waals surface area contributed by atoms with E-state index in [0.717, 1.165) is 9.75 Å². The molecule has 64 valence electrons. The van der Waals surface area contributed by atoms with E-state index in [-0.39, 0.29) is 5.84 Å². The SMILES string of the molecule is CC(=N)c1sc(C)cc1C(=N)N. The quantitative estimate of drug-likeness (QED) is 0.471. The Kier molecular flexibility index (Phi) is 2.28. The van der Waals surface area contributed by atoms with Gasteiger partial charge in [0.05, 0.1) is 4.88 Å². The van der Waals surface area contributed by atoms with Gasteiger partial charge in [-0.05, 0) is 19.9 Å². The first-order valence-electron chi connectivity index (χ1n) is 3.52. The van der Waals surface area contributed by atoms with E-state index in [0.29, 0.717) is 11.3 Å². The number of hydrogen-bond acceptors (Lipinski definition) is 3. The zero-order chi connectivity index (χ0) is 9.30. The number of thiophene rings is 1. The molecule has 0 bridgehead atoms. The molecule has 0 saturated heterocycles. The van der Waals surface area contributed by atoms with Crippen molar-refractivity contribution in [3.05, 3.63) is 21.4 Å². The lowest BCUT2D eigenvalue weighted by Crippen LogP contribution is -2.13. The molecule has 0 atom stereocenters. The largest absolute Gasteiger partial charge is 0.384 e. The van der Waals surface area contributed by atoms with E-state index < -0.39 is 0 Å². The smallest absolute Gasteiger partial charge is 0.124 e. The number of amidine groups is 1. The Morgan fingerprint density at radius 1 is 1.50 bits per heavy atom. The van der Waals surface area contributed by atoms with Crippen LogP contribution in [0.25, 0.3) is 0 Å². The van der Waals surface area contributed by atoms with Crippen molar-refractivity contribution in [3.8, 4) is 0 Å². The first-order chi connectivity index (χ1) is 5.52. The van der Waals surface area contributed by atoms with Gasteiger partial charge < -0.3 is 11.1 Å². The third-order valence-electron chi connectivity index (χ3n) is 1.49. The maximum Gasteiger partial charge on any atom is 0.124 e. The minimum absolute atomic E-state index is 0.0425. The summed E-state index contributed by atoms with van der Waals surface area (Å²) in [6.45, 7) is 3.65. The highest BCUT2D eigenvalue weighted by atomic mass is 32.1. The van der Waals surface area contributed by atoms with Gasteiger partial charge in [0.1, 0.15) is 5.84 Å². The van der Waals surface area contributed by atoms with E-state index in [2.05, 4.69) is 0 Å². The Morgan fingerprint density at radius 2 is 2.08 bits per heavy atom. The summed E-state index contributed by atoms with van der Waals surface area (Å²) in [5.41, 5.74) is 6.51. The van der Waals surface area contributed by atoms with Gasteiger partial charge in [0.15, 0.2) is 0 Å². The number of rotatable bonds is 2. The van der Waals surface area contributed by atoms with Crippen LogP contribution in [-0.4, -0.2) is 11.5 Å². The second kappa shape index (κ2) is 3.06. The van der Waals surface area contributed by atoms with Gasteiger partial charge in [0, 0.05) is 16.2 Å². The van der Waals surface area contributed by atoms with Crippen LogP contribution in [-0.2, 0) is 0 Å². The van der Waals surface area contributed by atoms with Crippen molar-refractivity contribution < 1.29 is 0 Å². The fourth-order valence-corrected chi connectivity index (χ4v) is 1.92. The molecular weight excluding hydrogens is 170 g/mol. The molecular formula is C8H11N3S. The van der Waals surface area contributed by atoms with Crippen molar-refractivity contribution in [1.29, 1.82) is 10.8 Å². The van der Waals surface area contributed by atoms with Crippen molar-refractivity contribution in [3.63, 3.8) is 0 Å². The summed E-state index contributed by atoms with van der Waals surface area (Å²) in [5.74, 6) is 0.0425. The molecule has 1 rings (SSSR count). The molecule has 0 radical (unpaired) electrons. The summed E-state index contributed by atoms with van der Waals surface area (Å²) < 4.78 is 0. The monoisotopic (exact) mass is 181 g/mol. The summed E-state index contributed by atoms with van der Waals surface area (Å²) in [4.78, 5) is 1.89. The van der Waals surface area contributed by atoms with E-state index >= 15 is 0 Å². The van der Waals surface area contributed by atoms with Crippen LogP contribution in [0.15, 0.2) is 6.07 Å². The Labute approximate surface area is 75.2 Å². The Bertz CT molecular complexity index is 307. The summed E-state index contributed by atoms with van der Waals surface area (Å²) in [7, 11) is 0. The number of nitrogens with two attached hydrogens (primary N) is 1. The van der Waals surface area contributed by atoms with Crippen LogP contribution in [0.5, 0.6) is 0 Å². The van der Waals surface area contributed by atoms with Crippen LogP contribution in [0, 0.1) is 17.7 Å². The molecule has 0 saturated carbocycles. The molecule has 0 unspecified atom stereocenters. The normalized spacial score (nSPS) is 9.83. The number of hydrogen-bond donors (Lipinski definition) is 3. The second-order valence-corrected chi connectivity index (χ2v) is 3.89. The molecule has 0 spiro atoms. The van der Waals surface area contributed by atoms with Crippen molar-refractivity contribution >= 4 is 22.9 Å². The van der Waals surface area contributed by atoms with Crippen molar-refractivity contribution in [2.75, 3.05) is 0 Å². The molecule has 0 fully saturated rings. The molecule has 1 aromatic rings. The maximum absolute atomic E-state index is 7.44. The Balaban J connectivity index is 3.26. The molecule has 1 heterocycles. The maximum atomic E-state index is 7.44. The van der Waals surface area contributed by atoms with Gasteiger partial charge in [-0.1, -0.05) is 0 Å². The van der Waals surface area contributed by atoms with Crippen LogP contribution in [0.1, 0.15) is 22.2 Å². The molecule has 4 heteroatoms. The lowest BCUT2D eigenvalue weighted by molar-refractivity contribution is 1.42. The molecule has 0 aliphatic carbocycles. The molecule has 3 nitrogen and oxygen atoms in total. The van der Waals surface area contributed by atoms with Crippen LogP contribution < -0.4 is 5.73 Å². The zero-order valence-electron chi connectivity index (χ0n) is 7.06. The van der Waals surface area contributed by atoms with Gasteiger partial charge in [0.2, 0.25) is 0 Å². The van der Waals surface area contributed by atoms with Gasteiger partial charge in [0.25, 0.3) is 0 Å².